The molecular formula is C13H19Br2N. The zero-order valence-electron chi connectivity index (χ0n) is 9.92. The van der Waals surface area contributed by atoms with E-state index in [0.717, 1.165) is 22.9 Å². The Morgan fingerprint density at radius 3 is 2.31 bits per heavy atom. The maximum absolute atomic E-state index is 3.49. The van der Waals surface area contributed by atoms with Crippen LogP contribution in [0.15, 0.2) is 28.7 Å². The van der Waals surface area contributed by atoms with Gasteiger partial charge in [0, 0.05) is 22.4 Å². The zero-order chi connectivity index (χ0) is 12.0. The normalized spacial score (nSPS) is 11.4. The highest BCUT2D eigenvalue weighted by Gasteiger charge is 2.09. The summed E-state index contributed by atoms with van der Waals surface area (Å²) in [6.45, 7) is 6.71. The van der Waals surface area contributed by atoms with Gasteiger partial charge in [-0.1, -0.05) is 44.0 Å². The molecule has 0 saturated carbocycles. The third-order valence-corrected chi connectivity index (χ3v) is 3.70. The first-order valence-corrected chi connectivity index (χ1v) is 7.59. The lowest BCUT2D eigenvalue weighted by Crippen LogP contribution is -2.31. The molecule has 0 unspecified atom stereocenters. The molecule has 0 N–H and O–H groups in total. The van der Waals surface area contributed by atoms with Crippen LogP contribution in [0.2, 0.25) is 0 Å². The summed E-state index contributed by atoms with van der Waals surface area (Å²) in [5.74, 6) is 0. The maximum atomic E-state index is 3.49. The topological polar surface area (TPSA) is 3.24 Å². The molecule has 16 heavy (non-hydrogen) atoms. The SMILES string of the molecule is CC(C)N(CCCBr)Cc1ccc(Br)cc1. The molecule has 1 aromatic carbocycles. The number of alkyl halides is 1. The fraction of sp³-hybridized carbons (Fsp3) is 0.538. The molecule has 0 atom stereocenters. The minimum atomic E-state index is 0.600. The van der Waals surface area contributed by atoms with E-state index in [9.17, 15) is 0 Å². The van der Waals surface area contributed by atoms with Gasteiger partial charge in [0.05, 0.1) is 0 Å². The predicted octanol–water partition coefficient (Wildman–Crippen LogP) is 4.44. The van der Waals surface area contributed by atoms with Crippen LogP contribution in [0.1, 0.15) is 25.8 Å². The van der Waals surface area contributed by atoms with Gasteiger partial charge in [0.15, 0.2) is 0 Å². The fourth-order valence-corrected chi connectivity index (χ4v) is 2.12. The van der Waals surface area contributed by atoms with Gasteiger partial charge in [-0.05, 0) is 44.5 Å². The summed E-state index contributed by atoms with van der Waals surface area (Å²) in [4.78, 5) is 2.50. The highest BCUT2D eigenvalue weighted by molar-refractivity contribution is 9.10. The fourth-order valence-electron chi connectivity index (χ4n) is 1.61. The van der Waals surface area contributed by atoms with Crippen LogP contribution in [0.3, 0.4) is 0 Å². The van der Waals surface area contributed by atoms with Crippen molar-refractivity contribution >= 4 is 31.9 Å². The molecule has 0 aliphatic rings. The first kappa shape index (κ1) is 14.2. The van der Waals surface area contributed by atoms with Crippen molar-refractivity contribution in [3.63, 3.8) is 0 Å². The van der Waals surface area contributed by atoms with E-state index in [1.54, 1.807) is 0 Å². The van der Waals surface area contributed by atoms with E-state index in [2.05, 4.69) is 74.9 Å². The van der Waals surface area contributed by atoms with Crippen molar-refractivity contribution in [2.24, 2.45) is 0 Å². The van der Waals surface area contributed by atoms with Crippen LogP contribution >= 0.6 is 31.9 Å². The second-order valence-electron chi connectivity index (χ2n) is 4.23. The van der Waals surface area contributed by atoms with E-state index in [0.29, 0.717) is 6.04 Å². The Morgan fingerprint density at radius 1 is 1.19 bits per heavy atom. The van der Waals surface area contributed by atoms with E-state index in [-0.39, 0.29) is 0 Å². The van der Waals surface area contributed by atoms with Gasteiger partial charge in [-0.25, -0.2) is 0 Å². The summed E-state index contributed by atoms with van der Waals surface area (Å²) >= 11 is 6.95. The highest BCUT2D eigenvalue weighted by atomic mass is 79.9. The first-order valence-electron chi connectivity index (χ1n) is 5.68. The molecule has 0 aliphatic carbocycles. The van der Waals surface area contributed by atoms with E-state index >= 15 is 0 Å². The summed E-state index contributed by atoms with van der Waals surface area (Å²) < 4.78 is 1.15. The molecule has 0 amide bonds. The van der Waals surface area contributed by atoms with Gasteiger partial charge in [0.25, 0.3) is 0 Å². The summed E-state index contributed by atoms with van der Waals surface area (Å²) in [7, 11) is 0. The molecule has 1 aromatic rings. The number of hydrogen-bond donors (Lipinski definition) is 0. The molecule has 3 heteroatoms. The zero-order valence-corrected chi connectivity index (χ0v) is 13.1. The number of benzene rings is 1. The third kappa shape index (κ3) is 4.98. The molecule has 0 heterocycles. The van der Waals surface area contributed by atoms with Crippen LogP contribution in [0.5, 0.6) is 0 Å². The molecule has 0 spiro atoms. The first-order chi connectivity index (χ1) is 7.63. The second-order valence-corrected chi connectivity index (χ2v) is 5.94. The van der Waals surface area contributed by atoms with Crippen molar-refractivity contribution in [2.75, 3.05) is 11.9 Å². The molecule has 0 saturated heterocycles. The molecule has 0 fully saturated rings. The molecule has 0 aromatic heterocycles. The van der Waals surface area contributed by atoms with Crippen LogP contribution in [-0.4, -0.2) is 22.8 Å². The Bertz CT molecular complexity index is 295. The average molecular weight is 349 g/mol. The summed E-state index contributed by atoms with van der Waals surface area (Å²) in [6.07, 6.45) is 1.20. The van der Waals surface area contributed by atoms with Gasteiger partial charge >= 0.3 is 0 Å². The molecule has 1 nitrogen and oxygen atoms in total. The van der Waals surface area contributed by atoms with Crippen LogP contribution in [0.4, 0.5) is 0 Å². The minimum absolute atomic E-state index is 0.600. The predicted molar refractivity (Wildman–Crippen MR) is 78.1 cm³/mol. The highest BCUT2D eigenvalue weighted by Crippen LogP contribution is 2.14. The van der Waals surface area contributed by atoms with Crippen molar-refractivity contribution in [2.45, 2.75) is 32.9 Å². The molecule has 0 aliphatic heterocycles. The van der Waals surface area contributed by atoms with Crippen molar-refractivity contribution in [1.29, 1.82) is 0 Å². The number of nitrogens with zero attached hydrogens (tertiary/aromatic N) is 1. The van der Waals surface area contributed by atoms with Gasteiger partial charge in [-0.3, -0.25) is 4.90 Å². The summed E-state index contributed by atoms with van der Waals surface area (Å²) in [5.41, 5.74) is 1.38. The Balaban J connectivity index is 2.57. The van der Waals surface area contributed by atoms with Gasteiger partial charge in [-0.15, -0.1) is 0 Å². The van der Waals surface area contributed by atoms with Crippen molar-refractivity contribution in [3.8, 4) is 0 Å². The van der Waals surface area contributed by atoms with Crippen molar-refractivity contribution in [1.82, 2.24) is 4.90 Å². The third-order valence-electron chi connectivity index (χ3n) is 2.61. The molecule has 1 rings (SSSR count). The lowest BCUT2D eigenvalue weighted by Gasteiger charge is -2.26. The molecule has 0 radical (unpaired) electrons. The monoisotopic (exact) mass is 347 g/mol. The average Bonchev–Trinajstić information content (AvgIpc) is 2.26. The minimum Gasteiger partial charge on any atom is -0.297 e. The van der Waals surface area contributed by atoms with E-state index in [1.165, 1.54) is 12.0 Å². The molecular weight excluding hydrogens is 330 g/mol. The van der Waals surface area contributed by atoms with Crippen LogP contribution in [-0.2, 0) is 6.54 Å². The van der Waals surface area contributed by atoms with E-state index in [4.69, 9.17) is 0 Å². The largest absolute Gasteiger partial charge is 0.297 e. The number of halogens is 2. The van der Waals surface area contributed by atoms with Crippen LogP contribution in [0, 0.1) is 0 Å². The number of hydrogen-bond acceptors (Lipinski definition) is 1. The van der Waals surface area contributed by atoms with E-state index < -0.39 is 0 Å². The van der Waals surface area contributed by atoms with Crippen molar-refractivity contribution in [3.05, 3.63) is 34.3 Å². The van der Waals surface area contributed by atoms with Crippen LogP contribution < -0.4 is 0 Å². The maximum Gasteiger partial charge on any atom is 0.0236 e. The van der Waals surface area contributed by atoms with Crippen LogP contribution in [0.25, 0.3) is 0 Å². The number of rotatable bonds is 6. The Labute approximate surface area is 115 Å². The lowest BCUT2D eigenvalue weighted by molar-refractivity contribution is 0.214. The lowest BCUT2D eigenvalue weighted by atomic mass is 10.2. The van der Waals surface area contributed by atoms with E-state index in [1.807, 2.05) is 0 Å². The Kier molecular flexibility index (Phi) is 6.62. The Morgan fingerprint density at radius 2 is 1.81 bits per heavy atom. The Hall–Kier alpha value is 0.140. The van der Waals surface area contributed by atoms with Gasteiger partial charge in [-0.2, -0.15) is 0 Å². The van der Waals surface area contributed by atoms with Crippen molar-refractivity contribution < 1.29 is 0 Å². The quantitative estimate of drug-likeness (QED) is 0.687. The smallest absolute Gasteiger partial charge is 0.0236 e. The molecule has 90 valence electrons. The summed E-state index contributed by atoms with van der Waals surface area (Å²) in [5, 5.41) is 1.08. The van der Waals surface area contributed by atoms with Gasteiger partial charge < -0.3 is 0 Å². The van der Waals surface area contributed by atoms with Gasteiger partial charge in [0.2, 0.25) is 0 Å². The molecule has 0 bridgehead atoms. The summed E-state index contributed by atoms with van der Waals surface area (Å²) in [6, 6.07) is 9.19. The second kappa shape index (κ2) is 7.46. The van der Waals surface area contributed by atoms with Gasteiger partial charge in [0.1, 0.15) is 0 Å². The standard InChI is InChI=1S/C13H19Br2N/c1-11(2)16(9-3-8-14)10-12-4-6-13(15)7-5-12/h4-7,11H,3,8-10H2,1-2H3.